The van der Waals surface area contributed by atoms with E-state index in [1.807, 2.05) is 0 Å². The highest BCUT2D eigenvalue weighted by molar-refractivity contribution is 8.08. The smallest absolute Gasteiger partial charge is 0.0290 e. The van der Waals surface area contributed by atoms with Gasteiger partial charge in [0.2, 0.25) is 0 Å². The van der Waals surface area contributed by atoms with E-state index in [9.17, 15) is 0 Å². The highest BCUT2D eigenvalue weighted by Gasteiger charge is 2.25. The van der Waals surface area contributed by atoms with Gasteiger partial charge in [-0.05, 0) is 59.4 Å². The first-order valence-electron chi connectivity index (χ1n) is 11.6. The average molecular weight is 429 g/mol. The number of rotatable bonds is 2. The van der Waals surface area contributed by atoms with E-state index >= 15 is 0 Å². The van der Waals surface area contributed by atoms with Gasteiger partial charge in [0.1, 0.15) is 0 Å². The molecular weight excluding hydrogens is 396 g/mol. The molecule has 31 heavy (non-hydrogen) atoms. The van der Waals surface area contributed by atoms with Crippen molar-refractivity contribution in [3.63, 3.8) is 0 Å². The summed E-state index contributed by atoms with van der Waals surface area (Å²) in [6.07, 6.45) is 9.52. The molecule has 0 bridgehead atoms. The predicted molar refractivity (Wildman–Crippen MR) is 133 cm³/mol. The van der Waals surface area contributed by atoms with Gasteiger partial charge in [0.25, 0.3) is 0 Å². The van der Waals surface area contributed by atoms with Gasteiger partial charge in [0, 0.05) is 46.8 Å². The van der Waals surface area contributed by atoms with E-state index in [1.165, 1.54) is 48.6 Å². The lowest BCUT2D eigenvalue weighted by atomic mass is 9.79. The fraction of sp³-hybridized carbons (Fsp3) is 0.429. The lowest BCUT2D eigenvalue weighted by Gasteiger charge is -2.29. The minimum absolute atomic E-state index is 0.242. The molecule has 0 saturated heterocycles. The molecule has 0 aliphatic heterocycles. The Hall–Kier alpha value is -2.17. The van der Waals surface area contributed by atoms with E-state index in [4.69, 9.17) is 11.5 Å². The third-order valence-electron chi connectivity index (χ3n) is 6.83. The Morgan fingerprint density at radius 1 is 0.613 bits per heavy atom. The molecule has 0 spiro atoms. The summed E-state index contributed by atoms with van der Waals surface area (Å²) >= 11 is 1.37. The Kier molecular flexibility index (Phi) is 7.76. The summed E-state index contributed by atoms with van der Waals surface area (Å²) in [5.74, 6) is 7.51. The van der Waals surface area contributed by atoms with Crippen LogP contribution in [0.4, 0.5) is 0 Å². The third kappa shape index (κ3) is 5.55. The fourth-order valence-electron chi connectivity index (χ4n) is 5.15. The zero-order valence-electron chi connectivity index (χ0n) is 18.1. The van der Waals surface area contributed by atoms with Crippen LogP contribution >= 0.6 is 11.8 Å². The van der Waals surface area contributed by atoms with Gasteiger partial charge in [-0.2, -0.15) is 0 Å². The minimum Gasteiger partial charge on any atom is -0.327 e. The molecule has 160 valence electrons. The summed E-state index contributed by atoms with van der Waals surface area (Å²) in [6, 6.07) is 17.4. The molecule has 2 saturated carbocycles. The molecule has 0 radical (unpaired) electrons. The standard InChI is InChI=1S/C28H32N2S/c29-27-15-7-5-13-25(27)23-11-3-1-9-21(23)17-19-31-20-18-22-10-2-4-12-24(22)26-14-6-8-16-28(26)30/h1-4,9-12,25-28H,5-8,13-16,29-30H2. The molecular formula is C28H32N2S. The summed E-state index contributed by atoms with van der Waals surface area (Å²) in [4.78, 5) is 0. The van der Waals surface area contributed by atoms with Crippen LogP contribution in [0, 0.1) is 22.3 Å². The first-order chi connectivity index (χ1) is 15.2. The van der Waals surface area contributed by atoms with Crippen molar-refractivity contribution in [1.29, 1.82) is 0 Å². The minimum atomic E-state index is 0.242. The Morgan fingerprint density at radius 3 is 1.48 bits per heavy atom. The van der Waals surface area contributed by atoms with Crippen molar-refractivity contribution in [2.75, 3.05) is 0 Å². The fourth-order valence-corrected chi connectivity index (χ4v) is 5.52. The maximum atomic E-state index is 6.42. The van der Waals surface area contributed by atoms with E-state index in [-0.39, 0.29) is 12.1 Å². The zero-order valence-corrected chi connectivity index (χ0v) is 19.0. The first kappa shape index (κ1) is 22.0. The number of thioether (sulfide) groups is 1. The Labute approximate surface area is 191 Å². The zero-order chi connectivity index (χ0) is 21.5. The second kappa shape index (κ2) is 10.9. The van der Waals surface area contributed by atoms with Gasteiger partial charge >= 0.3 is 0 Å². The van der Waals surface area contributed by atoms with Crippen molar-refractivity contribution >= 4 is 11.8 Å². The molecule has 2 aromatic rings. The maximum absolute atomic E-state index is 6.42. The molecule has 0 aromatic heterocycles. The van der Waals surface area contributed by atoms with Crippen molar-refractivity contribution in [2.24, 2.45) is 11.5 Å². The van der Waals surface area contributed by atoms with Crippen LogP contribution in [-0.4, -0.2) is 12.1 Å². The number of nitrogens with two attached hydrogens (primary N) is 2. The normalized spacial score (nSPS) is 25.6. The second-order valence-corrected chi connectivity index (χ2v) is 9.45. The van der Waals surface area contributed by atoms with Crippen LogP contribution in [0.1, 0.15) is 85.5 Å². The average Bonchev–Trinajstić information content (AvgIpc) is 2.80. The lowest BCUT2D eigenvalue weighted by Crippen LogP contribution is -2.31. The van der Waals surface area contributed by atoms with Crippen molar-refractivity contribution in [3.8, 4) is 22.3 Å². The quantitative estimate of drug-likeness (QED) is 0.603. The van der Waals surface area contributed by atoms with E-state index in [0.29, 0.717) is 11.8 Å². The van der Waals surface area contributed by atoms with E-state index < -0.39 is 0 Å². The molecule has 4 rings (SSSR count). The largest absolute Gasteiger partial charge is 0.327 e. The molecule has 0 heterocycles. The van der Waals surface area contributed by atoms with Crippen LogP contribution in [0.3, 0.4) is 0 Å². The van der Waals surface area contributed by atoms with Crippen LogP contribution < -0.4 is 11.5 Å². The Morgan fingerprint density at radius 2 is 1.03 bits per heavy atom. The molecule has 3 heteroatoms. The van der Waals surface area contributed by atoms with Gasteiger partial charge in [-0.25, -0.2) is 0 Å². The van der Waals surface area contributed by atoms with Crippen molar-refractivity contribution in [1.82, 2.24) is 0 Å². The second-order valence-electron chi connectivity index (χ2n) is 8.84. The molecule has 4 unspecified atom stereocenters. The monoisotopic (exact) mass is 428 g/mol. The molecule has 0 amide bonds. The van der Waals surface area contributed by atoms with Gasteiger partial charge in [0.05, 0.1) is 0 Å². The van der Waals surface area contributed by atoms with Crippen LogP contribution in [0.25, 0.3) is 0 Å². The van der Waals surface area contributed by atoms with Crippen molar-refractivity contribution in [3.05, 3.63) is 70.8 Å². The van der Waals surface area contributed by atoms with Crippen LogP contribution in [0.2, 0.25) is 0 Å². The van der Waals surface area contributed by atoms with Crippen molar-refractivity contribution < 1.29 is 0 Å². The summed E-state index contributed by atoms with van der Waals surface area (Å²) in [7, 11) is 0. The molecule has 2 fully saturated rings. The highest BCUT2D eigenvalue weighted by Crippen LogP contribution is 2.34. The molecule has 4 atom stereocenters. The van der Waals surface area contributed by atoms with Crippen LogP contribution in [0.15, 0.2) is 48.5 Å². The summed E-state index contributed by atoms with van der Waals surface area (Å²) < 4.78 is 0. The SMILES string of the molecule is NC1CCCCC1c1ccccc1C#CSC#Cc1ccccc1C1CCCCC1N. The molecule has 2 aliphatic carbocycles. The molecule has 2 aromatic carbocycles. The Bertz CT molecular complexity index is 925. The molecule has 2 nitrogen and oxygen atoms in total. The third-order valence-corrected chi connectivity index (χ3v) is 7.24. The number of hydrogen-bond donors (Lipinski definition) is 2. The highest BCUT2D eigenvalue weighted by atomic mass is 32.2. The lowest BCUT2D eigenvalue weighted by molar-refractivity contribution is 0.385. The van der Waals surface area contributed by atoms with Crippen LogP contribution in [0.5, 0.6) is 0 Å². The van der Waals surface area contributed by atoms with Crippen molar-refractivity contribution in [2.45, 2.75) is 75.3 Å². The van der Waals surface area contributed by atoms with Gasteiger partial charge in [-0.15, -0.1) is 0 Å². The number of hydrogen-bond acceptors (Lipinski definition) is 3. The van der Waals surface area contributed by atoms with Gasteiger partial charge in [-0.1, -0.05) is 73.9 Å². The molecule has 2 aliphatic rings. The Balaban J connectivity index is 1.47. The summed E-state index contributed by atoms with van der Waals surface area (Å²) in [6.45, 7) is 0. The van der Waals surface area contributed by atoms with E-state index in [2.05, 4.69) is 70.9 Å². The predicted octanol–water partition coefficient (Wildman–Crippen LogP) is 5.71. The van der Waals surface area contributed by atoms with Gasteiger partial charge in [-0.3, -0.25) is 0 Å². The van der Waals surface area contributed by atoms with Gasteiger partial charge < -0.3 is 11.5 Å². The maximum Gasteiger partial charge on any atom is 0.0290 e. The van der Waals surface area contributed by atoms with E-state index in [0.717, 1.165) is 36.8 Å². The molecule has 4 N–H and O–H groups in total. The topological polar surface area (TPSA) is 52.0 Å². The summed E-state index contributed by atoms with van der Waals surface area (Å²) in [5, 5.41) is 6.40. The first-order valence-corrected chi connectivity index (χ1v) is 12.4. The summed E-state index contributed by atoms with van der Waals surface area (Å²) in [5.41, 5.74) is 17.6. The van der Waals surface area contributed by atoms with Crippen LogP contribution in [-0.2, 0) is 0 Å². The number of benzene rings is 2. The van der Waals surface area contributed by atoms with Gasteiger partial charge in [0.15, 0.2) is 0 Å². The van der Waals surface area contributed by atoms with E-state index in [1.54, 1.807) is 0 Å².